The van der Waals surface area contributed by atoms with Crippen molar-refractivity contribution in [3.05, 3.63) is 48.6 Å². The van der Waals surface area contributed by atoms with Gasteiger partial charge in [-0.3, -0.25) is 9.80 Å². The minimum absolute atomic E-state index is 0.0137. The van der Waals surface area contributed by atoms with Gasteiger partial charge in [0.2, 0.25) is 0 Å². The van der Waals surface area contributed by atoms with Crippen molar-refractivity contribution >= 4 is 0 Å². The molecule has 0 aromatic rings. The molecule has 12 aliphatic carbocycles. The number of rotatable bonds is 24. The fraction of sp³-hybridized carbons (Fsp3) is 0.930. The Labute approximate surface area is 810 Å². The highest BCUT2D eigenvalue weighted by atomic mass is 19.4. The molecule has 17 nitrogen and oxygen atoms in total. The van der Waals surface area contributed by atoms with Crippen LogP contribution in [0.25, 0.3) is 0 Å². The van der Waals surface area contributed by atoms with E-state index in [-0.39, 0.29) is 76.5 Å². The number of aliphatic hydroxyl groups is 1. The van der Waals surface area contributed by atoms with Gasteiger partial charge in [-0.25, -0.2) is 0 Å². The van der Waals surface area contributed by atoms with Gasteiger partial charge < -0.3 is 71.7 Å². The van der Waals surface area contributed by atoms with Crippen LogP contribution in [0.15, 0.2) is 48.6 Å². The van der Waals surface area contributed by atoms with Crippen LogP contribution in [0, 0.1) is 114 Å². The third-order valence-corrected chi connectivity index (χ3v) is 42.0. The predicted octanol–water partition coefficient (Wildman–Crippen LogP) is 23.5. The number of ether oxygens (including phenoxy) is 12. The van der Waals surface area contributed by atoms with Crippen LogP contribution < -0.4 is 0 Å². The third kappa shape index (κ3) is 22.2. The number of allylic oxidation sites excluding steroid dienone is 4. The van der Waals surface area contributed by atoms with E-state index in [4.69, 9.17) is 61.9 Å². The van der Waals surface area contributed by atoms with Crippen LogP contribution in [0.2, 0.25) is 0 Å². The molecule has 20 heteroatoms. The molecule has 20 rings (SSSR count). The van der Waals surface area contributed by atoms with E-state index in [0.717, 1.165) is 169 Å². The summed E-state index contributed by atoms with van der Waals surface area (Å²) < 4.78 is 116. The van der Waals surface area contributed by atoms with Gasteiger partial charge in [0.1, 0.15) is 0 Å². The van der Waals surface area contributed by atoms with Gasteiger partial charge in [-0.15, -0.1) is 0 Å². The zero-order valence-corrected chi connectivity index (χ0v) is 86.2. The molecule has 4 unspecified atom stereocenters. The lowest BCUT2D eigenvalue weighted by atomic mass is 9.46. The van der Waals surface area contributed by atoms with E-state index >= 15 is 0 Å². The van der Waals surface area contributed by atoms with E-state index in [0.29, 0.717) is 157 Å². The molecule has 0 aromatic heterocycles. The maximum absolute atomic E-state index is 12.7. The molecule has 20 aliphatic rings. The molecule has 12 saturated carbocycles. The predicted molar refractivity (Wildman–Crippen MR) is 525 cm³/mol. The molecule has 8 heterocycles. The number of halogens is 3. The van der Waals surface area contributed by atoms with Gasteiger partial charge >= 0.3 is 6.18 Å². The van der Waals surface area contributed by atoms with Crippen LogP contribution in [0.5, 0.6) is 0 Å². The minimum Gasteiger partial charge on any atom is -0.395 e. The quantitative estimate of drug-likeness (QED) is 0.0914. The van der Waals surface area contributed by atoms with Crippen LogP contribution in [-0.4, -0.2) is 243 Å². The summed E-state index contributed by atoms with van der Waals surface area (Å²) in [7, 11) is 2.22. The second-order valence-corrected chi connectivity index (χ2v) is 50.5. The van der Waals surface area contributed by atoms with E-state index in [1.807, 2.05) is 0 Å². The van der Waals surface area contributed by atoms with Crippen LogP contribution in [0.4, 0.5) is 13.2 Å². The van der Waals surface area contributed by atoms with Crippen molar-refractivity contribution in [2.75, 3.05) is 132 Å². The lowest BCUT2D eigenvalue weighted by Crippen LogP contribution is -2.62. The number of fused-ring (bicyclic) bond motifs is 12. The van der Waals surface area contributed by atoms with E-state index in [2.05, 4.69) is 117 Å². The largest absolute Gasteiger partial charge is 0.401 e. The molecule has 0 bridgehead atoms. The van der Waals surface area contributed by atoms with Crippen molar-refractivity contribution in [1.82, 2.24) is 19.6 Å². The number of alkyl halides is 3. The summed E-state index contributed by atoms with van der Waals surface area (Å²) in [6.45, 7) is 57.2. The van der Waals surface area contributed by atoms with Gasteiger partial charge in [0, 0.05) is 137 Å². The maximum atomic E-state index is 12.7. The van der Waals surface area contributed by atoms with E-state index < -0.39 is 12.7 Å². The van der Waals surface area contributed by atoms with Crippen molar-refractivity contribution in [1.29, 1.82) is 0 Å². The molecule has 0 amide bonds. The summed E-state index contributed by atoms with van der Waals surface area (Å²) in [5.74, 6) is 6.97. The lowest BCUT2D eigenvalue weighted by Gasteiger charge is -2.63. The fourth-order valence-corrected chi connectivity index (χ4v) is 33.9. The highest BCUT2D eigenvalue weighted by Gasteiger charge is 2.66. The molecular weight excluding hydrogens is 1690 g/mol. The smallest absolute Gasteiger partial charge is 0.395 e. The monoisotopic (exact) mass is 1880 g/mol. The average Bonchev–Trinajstić information content (AvgIpc) is 1.21. The lowest BCUT2D eigenvalue weighted by molar-refractivity contribution is -0.316. The van der Waals surface area contributed by atoms with Crippen LogP contribution in [-0.2, 0) is 56.8 Å². The van der Waals surface area contributed by atoms with Crippen molar-refractivity contribution in [2.24, 2.45) is 114 Å². The Balaban J connectivity index is 0.000000125. The topological polar surface area (TPSA) is 144 Å². The second-order valence-electron chi connectivity index (χ2n) is 50.5. The van der Waals surface area contributed by atoms with Crippen LogP contribution in [0.1, 0.15) is 339 Å². The molecular formula is C114H189F3N4O13. The van der Waals surface area contributed by atoms with Crippen molar-refractivity contribution in [3.8, 4) is 0 Å². The number of aliphatic hydroxyl groups excluding tert-OH is 1. The zero-order chi connectivity index (χ0) is 94.2. The minimum atomic E-state index is -4.12. The van der Waals surface area contributed by atoms with Gasteiger partial charge in [-0.05, 0) is 308 Å². The Kier molecular flexibility index (Phi) is 34.1. The summed E-state index contributed by atoms with van der Waals surface area (Å²) in [5, 5.41) is 9.17. The molecule has 20 fully saturated rings. The van der Waals surface area contributed by atoms with E-state index in [9.17, 15) is 13.2 Å². The fourth-order valence-electron chi connectivity index (χ4n) is 33.9. The summed E-state index contributed by atoms with van der Waals surface area (Å²) in [6.07, 6.45) is 48.5. The first-order chi connectivity index (χ1) is 64.2. The highest BCUT2D eigenvalue weighted by molar-refractivity contribution is 5.23. The number of hydrogen-bond acceptors (Lipinski definition) is 17. The van der Waals surface area contributed by atoms with Crippen molar-refractivity contribution in [3.63, 3.8) is 0 Å². The number of likely N-dealkylation sites (tertiary alicyclic amines) is 4. The zero-order valence-electron chi connectivity index (χ0n) is 86.2. The van der Waals surface area contributed by atoms with Crippen LogP contribution >= 0.6 is 0 Å². The third-order valence-electron chi connectivity index (χ3n) is 42.0. The first kappa shape index (κ1) is 103. The van der Waals surface area contributed by atoms with Gasteiger partial charge in [0.25, 0.3) is 0 Å². The molecule has 1 N–H and O–H groups in total. The SMILES string of the molecule is C=C1CCC2[C@]3(C)CO[C@@H](C4CCCC4)O[C@@H]3CC[C@@]2(C)[C@@H]1CCOC1CCN(C)CC1.C=C1CCC2[C@]3(C)CO[C@@H](C4CCCC4)O[C@@H]3CC[C@@]2(C)[C@@H]1CCOC1CCN(CC(F)(F)F)CC1.C=C1CCC2[C@]3(C)CO[C@@H](C4CCCC4)O[C@@H]3CC[C@@]2(C)[C@@H]1CCOC1CCN(CCO)CC1.C=C1CCC2[C@]3(C)CO[C@@H](C4CCCC4)O[C@@H]3CC[C@@]2(C)[C@@H]1CCOC1CN(C(C)C)C1. The van der Waals surface area contributed by atoms with Crippen molar-refractivity contribution < 1.29 is 75.1 Å². The summed E-state index contributed by atoms with van der Waals surface area (Å²) in [6, 6.07) is 0.636. The molecule has 0 spiro atoms. The molecule has 134 heavy (non-hydrogen) atoms. The van der Waals surface area contributed by atoms with Gasteiger partial charge in [0.05, 0.1) is 88.4 Å². The summed E-state index contributed by atoms with van der Waals surface area (Å²) in [5.41, 5.74) is 7.16. The standard InChI is InChI=1S/C29H46F3NO3.C29H49NO4.2C28H47NO3/c1-20-8-9-24-27(2,14-10-25-28(24,3)19-35-26(36-25)21-6-4-5-7-21)23(20)13-17-34-22-11-15-33(16-12-22)18-29(30,31)32;1-21-8-9-25-28(2,24(21)13-19-32-23-11-15-30(16-12-23)17-18-31)14-10-26-29(25,3)20-33-27(34-26)22-6-4-5-7-22;1-19(2)29-16-22(17-29)30-15-13-23-20(3)10-11-24-27(23,4)14-12-25-28(24,5)18-31-26(32-25)21-8-6-7-9-21;1-20-9-10-24-27(2,23(20)14-18-30-22-12-16-29(4)17-13-22)15-11-25-28(24,3)19-31-26(32-25)21-7-5-6-8-21/h21-26H,1,4-19H2,2-3H3;22-27,31H,1,4-20H2,2-3H3;19,21-26H,3,6-18H2,1-2,4-5H3;21-26H,1,5-19H2,2-4H3/t23-,24?,25-,26-,27+,28+;24-,25?,26-,27-,28+,29+;2*23-,24?,25-,26-,27+,28+/m1111/s1. The van der Waals surface area contributed by atoms with Gasteiger partial charge in [-0.2, -0.15) is 13.2 Å². The summed E-state index contributed by atoms with van der Waals surface area (Å²) >= 11 is 0. The molecule has 24 atom stereocenters. The molecule has 8 aliphatic heterocycles. The molecule has 0 radical (unpaired) electrons. The Morgan fingerprint density at radius 1 is 0.358 bits per heavy atom. The summed E-state index contributed by atoms with van der Waals surface area (Å²) in [4.78, 5) is 8.75. The Morgan fingerprint density at radius 3 is 0.881 bits per heavy atom. The molecule has 764 valence electrons. The van der Waals surface area contributed by atoms with E-state index in [1.165, 1.54) is 207 Å². The number of nitrogens with zero attached hydrogens (tertiary/aromatic N) is 4. The Morgan fingerprint density at radius 2 is 0.619 bits per heavy atom. The normalized spacial score (nSPS) is 43.0. The van der Waals surface area contributed by atoms with Gasteiger partial charge in [-0.1, -0.05) is 155 Å². The first-order valence-electron chi connectivity index (χ1n) is 56.0. The first-order valence-corrected chi connectivity index (χ1v) is 56.0. The van der Waals surface area contributed by atoms with E-state index in [1.54, 1.807) is 0 Å². The highest BCUT2D eigenvalue weighted by Crippen LogP contribution is 2.69. The average molecular weight is 1880 g/mol. The van der Waals surface area contributed by atoms with Crippen LogP contribution in [0.3, 0.4) is 0 Å². The second kappa shape index (κ2) is 44.2. The van der Waals surface area contributed by atoms with Gasteiger partial charge in [0.15, 0.2) is 25.2 Å². The number of hydrogen-bond donors (Lipinski definition) is 1. The Bertz CT molecular complexity index is 3780. The molecule has 8 saturated heterocycles. The van der Waals surface area contributed by atoms with Crippen molar-refractivity contribution in [2.45, 2.75) is 425 Å². The number of β-amino-alcohol motifs (C(OH)–C–C–N with tert-alkyl or cyclic N) is 1. The molecule has 0 aromatic carbocycles. The Hall–Kier alpha value is -1.93. The number of piperidine rings is 3. The maximum Gasteiger partial charge on any atom is 0.401 e.